The SMILES string of the molecule is Cc1cc(-c2ccccn2)c(C)cc1OCc1c(C2CC2)cccc1-n1nnn(C)c1=O.Cc1ccc(-c2ccc(OCc3c(C4CC4)cccc3-n3nnn(C)c3=O)c(C)c2)nn1.Cc1ccc(-c2ccc(OCc3c(Cl)cccc3-n3nnn(C)c3=O)c(C)c2)nn1.Cn1nnn(-c2ccccc2COc2ccc(-c3ccccn3)cc2)c1=O. The fourth-order valence-corrected chi connectivity index (χ4v) is 13.9. The highest BCUT2D eigenvalue weighted by molar-refractivity contribution is 6.31. The van der Waals surface area contributed by atoms with Gasteiger partial charge in [-0.1, -0.05) is 72.3 Å². The molecule has 0 amide bonds. The number of pyridine rings is 2. The Bertz CT molecular complexity index is 6630. The molecule has 18 rings (SSSR count). The number of rotatable bonds is 22. The molecular formula is C90H85ClN22O8. The predicted molar refractivity (Wildman–Crippen MR) is 455 cm³/mol. The summed E-state index contributed by atoms with van der Waals surface area (Å²) in [6.45, 7) is 13.1. The number of aryl methyl sites for hydroxylation is 10. The topological polar surface area (TPSA) is 325 Å². The number of nitrogens with zero attached hydrogens (tertiary/aromatic N) is 22. The molecule has 0 spiro atoms. The average Bonchev–Trinajstić information content (AvgIpc) is 1.65. The van der Waals surface area contributed by atoms with Crippen molar-refractivity contribution in [2.75, 3.05) is 0 Å². The minimum absolute atomic E-state index is 0.169. The molecular weight excluding hydrogens is 1550 g/mol. The van der Waals surface area contributed by atoms with Crippen LogP contribution in [-0.4, -0.2) is 110 Å². The van der Waals surface area contributed by atoms with E-state index in [0.29, 0.717) is 59.4 Å². The Kier molecular flexibility index (Phi) is 24.4. The molecule has 2 aliphatic carbocycles. The molecule has 30 nitrogen and oxygen atoms in total. The second-order valence-electron chi connectivity index (χ2n) is 29.4. The van der Waals surface area contributed by atoms with E-state index in [2.05, 4.69) is 109 Å². The van der Waals surface area contributed by atoms with E-state index in [0.717, 1.165) is 154 Å². The van der Waals surface area contributed by atoms with Gasteiger partial charge in [0.25, 0.3) is 0 Å². The molecule has 0 atom stereocenters. The van der Waals surface area contributed by atoms with Crippen LogP contribution in [0.25, 0.3) is 67.8 Å². The Balaban J connectivity index is 0.000000126. The first-order chi connectivity index (χ1) is 58.7. The number of para-hydroxylation sites is 1. The molecule has 0 bridgehead atoms. The Labute approximate surface area is 699 Å². The lowest BCUT2D eigenvalue weighted by molar-refractivity contribution is 0.302. The van der Waals surface area contributed by atoms with E-state index in [-0.39, 0.29) is 29.4 Å². The fraction of sp³-hybridized carbons (Fsp3) is 0.222. The minimum atomic E-state index is -0.363. The van der Waals surface area contributed by atoms with Crippen LogP contribution >= 0.6 is 11.6 Å². The summed E-state index contributed by atoms with van der Waals surface area (Å²) in [5.74, 6) is 4.06. The van der Waals surface area contributed by atoms with Crippen LogP contribution < -0.4 is 41.7 Å². The third-order valence-electron chi connectivity index (χ3n) is 20.6. The normalized spacial score (nSPS) is 12.2. The van der Waals surface area contributed by atoms with Crippen molar-refractivity contribution in [3.05, 3.63) is 339 Å². The summed E-state index contributed by atoms with van der Waals surface area (Å²) >= 11 is 6.40. The van der Waals surface area contributed by atoms with E-state index in [4.69, 9.17) is 30.5 Å². The van der Waals surface area contributed by atoms with Crippen molar-refractivity contribution in [2.24, 2.45) is 28.2 Å². The highest BCUT2D eigenvalue weighted by Crippen LogP contribution is 2.45. The highest BCUT2D eigenvalue weighted by atomic mass is 35.5. The van der Waals surface area contributed by atoms with Gasteiger partial charge in [0.2, 0.25) is 0 Å². The van der Waals surface area contributed by atoms with Gasteiger partial charge in [-0.15, -0.1) is 0 Å². The molecule has 16 aromatic rings. The third kappa shape index (κ3) is 18.8. The Morgan fingerprint density at radius 3 is 1.19 bits per heavy atom. The molecule has 0 unspecified atom stereocenters. The summed E-state index contributed by atoms with van der Waals surface area (Å²) in [4.78, 5) is 58.2. The van der Waals surface area contributed by atoms with Crippen LogP contribution in [0, 0.1) is 41.5 Å². The van der Waals surface area contributed by atoms with E-state index in [1.165, 1.54) is 50.9 Å². The largest absolute Gasteiger partial charge is 0.489 e. The van der Waals surface area contributed by atoms with Gasteiger partial charge in [0.15, 0.2) is 0 Å². The van der Waals surface area contributed by atoms with Gasteiger partial charge in [0.1, 0.15) is 49.4 Å². The second-order valence-corrected chi connectivity index (χ2v) is 29.8. The van der Waals surface area contributed by atoms with Gasteiger partial charge in [-0.3, -0.25) is 9.97 Å². The number of aromatic nitrogens is 22. The van der Waals surface area contributed by atoms with Crippen molar-refractivity contribution in [2.45, 2.75) is 105 Å². The number of hydrogen-bond acceptors (Lipinski definition) is 22. The summed E-state index contributed by atoms with van der Waals surface area (Å²) in [6.07, 6.45) is 8.18. The maximum Gasteiger partial charge on any atom is 0.368 e. The van der Waals surface area contributed by atoms with Crippen molar-refractivity contribution in [1.29, 1.82) is 0 Å². The molecule has 121 heavy (non-hydrogen) atoms. The van der Waals surface area contributed by atoms with Crippen LogP contribution in [0.1, 0.15) is 105 Å². The molecule has 0 aliphatic heterocycles. The molecule has 2 aliphatic rings. The maximum absolute atomic E-state index is 12.5. The molecule has 0 radical (unpaired) electrons. The Morgan fingerprint density at radius 1 is 0.339 bits per heavy atom. The second kappa shape index (κ2) is 36.4. The number of ether oxygens (including phenoxy) is 4. The summed E-state index contributed by atoms with van der Waals surface area (Å²) < 4.78 is 34.5. The average molecular weight is 1640 g/mol. The van der Waals surface area contributed by atoms with Gasteiger partial charge in [-0.05, 0) is 306 Å². The smallest absolute Gasteiger partial charge is 0.368 e. The Hall–Kier alpha value is -14.8. The van der Waals surface area contributed by atoms with Crippen molar-refractivity contribution >= 4 is 11.6 Å². The van der Waals surface area contributed by atoms with Gasteiger partial charge in [-0.2, -0.15) is 57.8 Å². The first-order valence-corrected chi connectivity index (χ1v) is 39.5. The van der Waals surface area contributed by atoms with Crippen LogP contribution in [0.3, 0.4) is 0 Å². The zero-order chi connectivity index (χ0) is 84.4. The van der Waals surface area contributed by atoms with Gasteiger partial charge in [0, 0.05) is 90.1 Å². The van der Waals surface area contributed by atoms with E-state index >= 15 is 0 Å². The van der Waals surface area contributed by atoms with E-state index in [1.54, 1.807) is 51.7 Å². The van der Waals surface area contributed by atoms with E-state index in [9.17, 15) is 19.2 Å². The quantitative estimate of drug-likeness (QED) is 0.0608. The molecule has 8 aromatic carbocycles. The lowest BCUT2D eigenvalue weighted by Gasteiger charge is -2.17. The van der Waals surface area contributed by atoms with Crippen LogP contribution in [0.4, 0.5) is 0 Å². The van der Waals surface area contributed by atoms with Crippen LogP contribution in [0.15, 0.2) is 244 Å². The maximum atomic E-state index is 12.5. The van der Waals surface area contributed by atoms with Gasteiger partial charge >= 0.3 is 22.8 Å². The van der Waals surface area contributed by atoms with Gasteiger partial charge in [0.05, 0.1) is 56.9 Å². The van der Waals surface area contributed by atoms with Gasteiger partial charge < -0.3 is 18.9 Å². The lowest BCUT2D eigenvalue weighted by Crippen LogP contribution is -2.23. The molecule has 2 fully saturated rings. The molecule has 610 valence electrons. The van der Waals surface area contributed by atoms with Crippen molar-refractivity contribution < 1.29 is 18.9 Å². The minimum Gasteiger partial charge on any atom is -0.489 e. The number of tetrazole rings is 4. The first-order valence-electron chi connectivity index (χ1n) is 39.1. The number of hydrogen-bond donors (Lipinski definition) is 0. The zero-order valence-electron chi connectivity index (χ0n) is 68.2. The zero-order valence-corrected chi connectivity index (χ0v) is 68.9. The number of halogens is 1. The molecule has 8 heterocycles. The fourth-order valence-electron chi connectivity index (χ4n) is 13.7. The Morgan fingerprint density at radius 2 is 0.752 bits per heavy atom. The van der Waals surface area contributed by atoms with Crippen molar-refractivity contribution in [3.63, 3.8) is 0 Å². The molecule has 0 N–H and O–H groups in total. The molecule has 31 heteroatoms. The molecule has 0 saturated heterocycles. The summed E-state index contributed by atoms with van der Waals surface area (Å²) in [7, 11) is 6.29. The summed E-state index contributed by atoms with van der Waals surface area (Å²) in [6, 6.07) is 68.0. The number of benzene rings is 8. The lowest BCUT2D eigenvalue weighted by atomic mass is 10.0. The molecule has 8 aromatic heterocycles. The van der Waals surface area contributed by atoms with Crippen LogP contribution in [0.2, 0.25) is 5.02 Å². The first kappa shape index (κ1) is 81.3. The monoisotopic (exact) mass is 1640 g/mol. The predicted octanol–water partition coefficient (Wildman–Crippen LogP) is 13.5. The van der Waals surface area contributed by atoms with E-state index in [1.807, 2.05) is 198 Å². The third-order valence-corrected chi connectivity index (χ3v) is 21.0. The molecule has 2 saturated carbocycles. The standard InChI is InChI=1S/C25H25N5O2.C24H24N6O2.C21H19ClN6O2.C20H17N5O2/c1-16-14-24(17(2)13-20(16)22-8-4-5-12-26-22)32-15-21-19(18-10-11-18)7-6-9-23(21)30-25(31)29(3)27-28-30;1-15-13-18(21-11-7-16(2)25-26-21)10-12-23(15)32-14-20-19(17-8-9-17)5-4-6-22(20)30-24(31)29(3)27-28-30;1-13-11-15(18-9-7-14(2)23-24-18)8-10-20(13)30-12-16-17(22)5-4-6-19(16)28-21(29)27(3)25-26-28;1-24-20(26)25(23-22-24)19-8-3-2-6-16(19)14-27-17-11-9-15(10-12-17)18-7-4-5-13-21-18/h4-9,12-14,18H,10-11,15H2,1-3H3;4-7,10-13,17H,8-9,14H2,1-3H3;4-11H,12H2,1-3H3;2-13H,14H2,1H3. The van der Waals surface area contributed by atoms with Crippen molar-refractivity contribution in [1.82, 2.24) is 110 Å². The summed E-state index contributed by atoms with van der Waals surface area (Å²) in [5, 5.41) is 48.4. The van der Waals surface area contributed by atoms with Crippen molar-refractivity contribution in [3.8, 4) is 90.8 Å². The highest BCUT2D eigenvalue weighted by Gasteiger charge is 2.31. The van der Waals surface area contributed by atoms with E-state index < -0.39 is 0 Å². The summed E-state index contributed by atoms with van der Waals surface area (Å²) in [5.41, 5.74) is 20.7. The van der Waals surface area contributed by atoms with Crippen LogP contribution in [0.5, 0.6) is 23.0 Å². The van der Waals surface area contributed by atoms with Gasteiger partial charge in [-0.25, -0.2) is 19.2 Å². The van der Waals surface area contributed by atoms with Crippen LogP contribution in [-0.2, 0) is 54.6 Å².